The van der Waals surface area contributed by atoms with Gasteiger partial charge in [-0.05, 0) is 32.3 Å². The first kappa shape index (κ1) is 20.0. The fraction of sp³-hybridized carbons (Fsp3) is 0.235. The zero-order chi connectivity index (χ0) is 19.1. The van der Waals surface area contributed by atoms with Gasteiger partial charge in [-0.3, -0.25) is 10.1 Å². The second kappa shape index (κ2) is 9.38. The first-order chi connectivity index (χ1) is 12.4. The molecular formula is C17H19Cl2N5O2. The van der Waals surface area contributed by atoms with E-state index in [1.54, 1.807) is 24.3 Å². The summed E-state index contributed by atoms with van der Waals surface area (Å²) in [5, 5.41) is 8.51. The number of aromatic nitrogens is 1. The number of halogens is 2. The van der Waals surface area contributed by atoms with Gasteiger partial charge in [-0.15, -0.1) is 0 Å². The Morgan fingerprint density at radius 3 is 2.46 bits per heavy atom. The number of hydrogen-bond donors (Lipinski definition) is 3. The number of nitrogens with one attached hydrogen (secondary N) is 3. The van der Waals surface area contributed by atoms with Crippen molar-refractivity contribution in [2.24, 2.45) is 0 Å². The molecule has 7 nitrogen and oxygen atoms in total. The van der Waals surface area contributed by atoms with Gasteiger partial charge in [0.15, 0.2) is 0 Å². The Hall–Kier alpha value is -2.35. The summed E-state index contributed by atoms with van der Waals surface area (Å²) >= 11 is 12.1. The normalized spacial score (nSPS) is 10.5. The third-order valence-electron chi connectivity index (χ3n) is 3.29. The molecule has 26 heavy (non-hydrogen) atoms. The number of pyridine rings is 1. The minimum absolute atomic E-state index is 0.184. The average Bonchev–Trinajstić information content (AvgIpc) is 2.54. The standard InChI is InChI=1S/C17H19Cl2N5O2/c1-24(2)9-8-21-17(26)23-14-10-11(6-7-20-14)22-16(25)15-12(18)4-3-5-13(15)19/h3-7,10H,8-9H2,1-2H3,(H3,20,21,22,23,25,26). The molecule has 3 N–H and O–H groups in total. The van der Waals surface area contributed by atoms with Crippen molar-refractivity contribution in [3.8, 4) is 0 Å². The molecule has 3 amide bonds. The molecule has 0 saturated heterocycles. The SMILES string of the molecule is CN(C)CCNC(=O)Nc1cc(NC(=O)c2c(Cl)cccc2Cl)ccn1. The van der Waals surface area contributed by atoms with Gasteiger partial charge in [0.1, 0.15) is 5.82 Å². The van der Waals surface area contributed by atoms with Gasteiger partial charge in [-0.1, -0.05) is 29.3 Å². The van der Waals surface area contributed by atoms with E-state index in [1.165, 1.54) is 12.3 Å². The molecule has 138 valence electrons. The molecule has 0 atom stereocenters. The van der Waals surface area contributed by atoms with E-state index in [2.05, 4.69) is 20.9 Å². The van der Waals surface area contributed by atoms with Crippen molar-refractivity contribution in [3.05, 3.63) is 52.1 Å². The number of carbonyl (C=O) groups is 2. The smallest absolute Gasteiger partial charge is 0.320 e. The van der Waals surface area contributed by atoms with Crippen molar-refractivity contribution in [2.75, 3.05) is 37.8 Å². The third kappa shape index (κ3) is 5.87. The highest BCUT2D eigenvalue weighted by molar-refractivity contribution is 6.40. The summed E-state index contributed by atoms with van der Waals surface area (Å²) < 4.78 is 0. The minimum Gasteiger partial charge on any atom is -0.337 e. The second-order valence-corrected chi connectivity index (χ2v) is 6.48. The van der Waals surface area contributed by atoms with E-state index in [9.17, 15) is 9.59 Å². The summed E-state index contributed by atoms with van der Waals surface area (Å²) in [5.74, 6) is -0.149. The van der Waals surface area contributed by atoms with Crippen LogP contribution in [0.1, 0.15) is 10.4 Å². The zero-order valence-electron chi connectivity index (χ0n) is 14.3. The van der Waals surface area contributed by atoms with Crippen molar-refractivity contribution < 1.29 is 9.59 Å². The van der Waals surface area contributed by atoms with Gasteiger partial charge in [0, 0.05) is 31.0 Å². The molecule has 0 aliphatic rings. The Morgan fingerprint density at radius 1 is 1.12 bits per heavy atom. The second-order valence-electron chi connectivity index (χ2n) is 5.66. The van der Waals surface area contributed by atoms with E-state index >= 15 is 0 Å². The number of nitrogens with zero attached hydrogens (tertiary/aromatic N) is 2. The molecule has 0 spiro atoms. The molecule has 9 heteroatoms. The number of urea groups is 1. The highest BCUT2D eigenvalue weighted by Gasteiger charge is 2.15. The molecule has 0 aliphatic carbocycles. The number of rotatable bonds is 6. The van der Waals surface area contributed by atoms with Crippen LogP contribution >= 0.6 is 23.2 Å². The molecule has 2 rings (SSSR count). The van der Waals surface area contributed by atoms with Gasteiger partial charge in [0.2, 0.25) is 0 Å². The topological polar surface area (TPSA) is 86.4 Å². The lowest BCUT2D eigenvalue weighted by Crippen LogP contribution is -2.34. The third-order valence-corrected chi connectivity index (χ3v) is 3.92. The van der Waals surface area contributed by atoms with Crippen molar-refractivity contribution in [3.63, 3.8) is 0 Å². The number of carbonyl (C=O) groups excluding carboxylic acids is 2. The molecule has 0 radical (unpaired) electrons. The predicted octanol–water partition coefficient (Wildman–Crippen LogP) is 3.32. The number of anilines is 2. The van der Waals surface area contributed by atoms with Crippen LogP contribution in [0.15, 0.2) is 36.5 Å². The first-order valence-electron chi connectivity index (χ1n) is 7.78. The van der Waals surface area contributed by atoms with Gasteiger partial charge in [0.05, 0.1) is 15.6 Å². The lowest BCUT2D eigenvalue weighted by molar-refractivity contribution is 0.102. The number of likely N-dealkylation sites (N-methyl/N-ethyl adjacent to an activating group) is 1. The summed E-state index contributed by atoms with van der Waals surface area (Å²) in [6, 6.07) is 7.58. The molecule has 1 aromatic heterocycles. The maximum atomic E-state index is 12.4. The van der Waals surface area contributed by atoms with E-state index in [0.717, 1.165) is 6.54 Å². The molecule has 2 aromatic rings. The van der Waals surface area contributed by atoms with Crippen LogP contribution < -0.4 is 16.0 Å². The summed E-state index contributed by atoms with van der Waals surface area (Å²) in [7, 11) is 3.83. The van der Waals surface area contributed by atoms with Crippen LogP contribution in [-0.4, -0.2) is 49.0 Å². The maximum absolute atomic E-state index is 12.4. The minimum atomic E-state index is -0.451. The summed E-state index contributed by atoms with van der Waals surface area (Å²) in [6.45, 7) is 1.22. The fourth-order valence-corrected chi connectivity index (χ4v) is 2.61. The van der Waals surface area contributed by atoms with Crippen molar-refractivity contribution in [2.45, 2.75) is 0 Å². The molecule has 1 aromatic carbocycles. The first-order valence-corrected chi connectivity index (χ1v) is 8.53. The Bertz CT molecular complexity index is 778. The highest BCUT2D eigenvalue weighted by atomic mass is 35.5. The van der Waals surface area contributed by atoms with Crippen LogP contribution in [0.4, 0.5) is 16.3 Å². The van der Waals surface area contributed by atoms with E-state index in [0.29, 0.717) is 18.1 Å². The van der Waals surface area contributed by atoms with Crippen molar-refractivity contribution in [1.82, 2.24) is 15.2 Å². The van der Waals surface area contributed by atoms with Gasteiger partial charge in [-0.2, -0.15) is 0 Å². The lowest BCUT2D eigenvalue weighted by Gasteiger charge is -2.12. The lowest BCUT2D eigenvalue weighted by atomic mass is 10.2. The van der Waals surface area contributed by atoms with Gasteiger partial charge >= 0.3 is 6.03 Å². The van der Waals surface area contributed by atoms with E-state index in [4.69, 9.17) is 23.2 Å². The van der Waals surface area contributed by atoms with Gasteiger partial charge in [0.25, 0.3) is 5.91 Å². The summed E-state index contributed by atoms with van der Waals surface area (Å²) in [6.07, 6.45) is 1.47. The number of benzene rings is 1. The molecule has 0 bridgehead atoms. The van der Waals surface area contributed by atoms with E-state index in [1.807, 2.05) is 19.0 Å². The zero-order valence-corrected chi connectivity index (χ0v) is 15.9. The Kier molecular flexibility index (Phi) is 7.20. The van der Waals surface area contributed by atoms with Crippen LogP contribution in [0.3, 0.4) is 0 Å². The summed E-state index contributed by atoms with van der Waals surface area (Å²) in [5.41, 5.74) is 0.633. The number of hydrogen-bond acceptors (Lipinski definition) is 4. The molecule has 0 fully saturated rings. The van der Waals surface area contributed by atoms with E-state index in [-0.39, 0.29) is 21.6 Å². The van der Waals surface area contributed by atoms with Gasteiger partial charge < -0.3 is 15.5 Å². The Morgan fingerprint density at radius 2 is 1.81 bits per heavy atom. The van der Waals surface area contributed by atoms with Gasteiger partial charge in [-0.25, -0.2) is 9.78 Å². The maximum Gasteiger partial charge on any atom is 0.320 e. The monoisotopic (exact) mass is 395 g/mol. The molecule has 0 aliphatic heterocycles. The molecule has 1 heterocycles. The van der Waals surface area contributed by atoms with Crippen molar-refractivity contribution in [1.29, 1.82) is 0 Å². The molecule has 0 unspecified atom stereocenters. The quantitative estimate of drug-likeness (QED) is 0.699. The van der Waals surface area contributed by atoms with Crippen LogP contribution in [0.25, 0.3) is 0 Å². The fourth-order valence-electron chi connectivity index (χ4n) is 2.04. The number of amides is 3. The average molecular weight is 396 g/mol. The van der Waals surface area contributed by atoms with E-state index < -0.39 is 5.91 Å². The highest BCUT2D eigenvalue weighted by Crippen LogP contribution is 2.25. The Balaban J connectivity index is 2.00. The Labute approximate surface area is 161 Å². The molecular weight excluding hydrogens is 377 g/mol. The van der Waals surface area contributed by atoms with Crippen molar-refractivity contribution >= 4 is 46.6 Å². The van der Waals surface area contributed by atoms with Crippen LogP contribution in [-0.2, 0) is 0 Å². The molecule has 0 saturated carbocycles. The summed E-state index contributed by atoms with van der Waals surface area (Å²) in [4.78, 5) is 30.2. The van der Waals surface area contributed by atoms with Crippen LogP contribution in [0.5, 0.6) is 0 Å². The predicted molar refractivity (Wildman–Crippen MR) is 104 cm³/mol. The largest absolute Gasteiger partial charge is 0.337 e. The van der Waals surface area contributed by atoms with Crippen LogP contribution in [0.2, 0.25) is 10.0 Å². The van der Waals surface area contributed by atoms with Crippen LogP contribution in [0, 0.1) is 0 Å².